The maximum absolute atomic E-state index is 10.2. The molecule has 0 aromatic rings. The monoisotopic (exact) mass is 196 g/mol. The largest absolute Gasteiger partial charge is 0.481 e. The van der Waals surface area contributed by atoms with Crippen LogP contribution in [-0.2, 0) is 4.79 Å². The molecule has 80 valence electrons. The van der Waals surface area contributed by atoms with Crippen LogP contribution in [0, 0.1) is 0 Å². The summed E-state index contributed by atoms with van der Waals surface area (Å²) in [6.45, 7) is 6.23. The van der Waals surface area contributed by atoms with Gasteiger partial charge in [-0.15, -0.1) is 0 Å². The molecule has 2 nitrogen and oxygen atoms in total. The fourth-order valence-electron chi connectivity index (χ4n) is 1.13. The van der Waals surface area contributed by atoms with Gasteiger partial charge in [-0.1, -0.05) is 23.3 Å². The molecule has 1 N–H and O–H groups in total. The molecule has 0 aliphatic carbocycles. The topological polar surface area (TPSA) is 37.3 Å². The van der Waals surface area contributed by atoms with E-state index >= 15 is 0 Å². The predicted octanol–water partition coefficient (Wildman–Crippen LogP) is 3.54. The number of hydrogen-bond acceptors (Lipinski definition) is 1. The molecule has 14 heavy (non-hydrogen) atoms. The van der Waals surface area contributed by atoms with Crippen molar-refractivity contribution in [3.8, 4) is 0 Å². The van der Waals surface area contributed by atoms with E-state index in [1.165, 1.54) is 11.1 Å². The van der Waals surface area contributed by atoms with Gasteiger partial charge in [0.1, 0.15) is 0 Å². The molecule has 2 heteroatoms. The number of carboxylic acids is 1. The van der Waals surface area contributed by atoms with E-state index in [-0.39, 0.29) is 6.42 Å². The zero-order valence-electron chi connectivity index (χ0n) is 9.34. The predicted molar refractivity (Wildman–Crippen MR) is 59.3 cm³/mol. The summed E-state index contributed by atoms with van der Waals surface area (Å²) in [5.74, 6) is -0.724. The molecule has 0 saturated heterocycles. The highest BCUT2D eigenvalue weighted by Gasteiger charge is 1.94. The summed E-state index contributed by atoms with van der Waals surface area (Å²) in [5.41, 5.74) is 2.62. The van der Waals surface area contributed by atoms with E-state index in [0.29, 0.717) is 6.42 Å². The number of rotatable bonds is 6. The molecular formula is C12H20O2. The third kappa shape index (κ3) is 9.04. The Bertz CT molecular complexity index is 233. The summed E-state index contributed by atoms with van der Waals surface area (Å²) >= 11 is 0. The Hall–Kier alpha value is -1.05. The van der Waals surface area contributed by atoms with Crippen molar-refractivity contribution < 1.29 is 9.90 Å². The van der Waals surface area contributed by atoms with E-state index in [0.717, 1.165) is 12.8 Å². The van der Waals surface area contributed by atoms with Gasteiger partial charge in [-0.05, 0) is 40.0 Å². The van der Waals surface area contributed by atoms with Gasteiger partial charge in [0.25, 0.3) is 0 Å². The third-order valence-electron chi connectivity index (χ3n) is 1.94. The Morgan fingerprint density at radius 1 is 1.07 bits per heavy atom. The highest BCUT2D eigenvalue weighted by atomic mass is 16.4. The minimum atomic E-state index is -0.724. The lowest BCUT2D eigenvalue weighted by molar-refractivity contribution is -0.136. The van der Waals surface area contributed by atoms with Crippen molar-refractivity contribution in [3.05, 3.63) is 23.3 Å². The second-order valence-corrected chi connectivity index (χ2v) is 3.80. The van der Waals surface area contributed by atoms with Gasteiger partial charge < -0.3 is 5.11 Å². The van der Waals surface area contributed by atoms with Crippen LogP contribution >= 0.6 is 0 Å². The summed E-state index contributed by atoms with van der Waals surface area (Å²) in [6, 6.07) is 0. The first-order valence-corrected chi connectivity index (χ1v) is 5.03. The molecule has 0 saturated carbocycles. The van der Waals surface area contributed by atoms with Gasteiger partial charge in [0, 0.05) is 6.42 Å². The molecule has 0 spiro atoms. The maximum Gasteiger partial charge on any atom is 0.303 e. The zero-order valence-corrected chi connectivity index (χ0v) is 9.34. The molecule has 0 atom stereocenters. The fraction of sp³-hybridized carbons (Fsp3) is 0.583. The first-order valence-electron chi connectivity index (χ1n) is 5.03. The molecule has 0 heterocycles. The van der Waals surface area contributed by atoms with E-state index < -0.39 is 5.97 Å². The summed E-state index contributed by atoms with van der Waals surface area (Å²) in [4.78, 5) is 10.2. The molecule has 0 aromatic heterocycles. The average Bonchev–Trinajstić information content (AvgIpc) is 2.02. The summed E-state index contributed by atoms with van der Waals surface area (Å²) in [7, 11) is 0. The minimum Gasteiger partial charge on any atom is -0.481 e. The van der Waals surface area contributed by atoms with Crippen LogP contribution in [0.15, 0.2) is 23.3 Å². The van der Waals surface area contributed by atoms with Gasteiger partial charge in [0.05, 0.1) is 0 Å². The highest BCUT2D eigenvalue weighted by Crippen LogP contribution is 2.08. The van der Waals surface area contributed by atoms with Crippen molar-refractivity contribution in [2.24, 2.45) is 0 Å². The SMILES string of the molecule is CC(C)=CCCC(C)=CCCC(=O)O. The van der Waals surface area contributed by atoms with Gasteiger partial charge in [-0.3, -0.25) is 4.79 Å². The van der Waals surface area contributed by atoms with Gasteiger partial charge in [0.15, 0.2) is 0 Å². The van der Waals surface area contributed by atoms with Crippen LogP contribution < -0.4 is 0 Å². The van der Waals surface area contributed by atoms with Gasteiger partial charge in [-0.25, -0.2) is 0 Å². The quantitative estimate of drug-likeness (QED) is 0.660. The summed E-state index contributed by atoms with van der Waals surface area (Å²) in [5, 5.41) is 8.44. The van der Waals surface area contributed by atoms with Crippen molar-refractivity contribution in [3.63, 3.8) is 0 Å². The summed E-state index contributed by atoms with van der Waals surface area (Å²) < 4.78 is 0. The lowest BCUT2D eigenvalue weighted by Crippen LogP contribution is -1.92. The van der Waals surface area contributed by atoms with Crippen molar-refractivity contribution >= 4 is 5.97 Å². The van der Waals surface area contributed by atoms with Gasteiger partial charge in [-0.2, -0.15) is 0 Å². The standard InChI is InChI=1S/C12H20O2/c1-10(2)6-4-7-11(3)8-5-9-12(13)14/h6,8H,4-5,7,9H2,1-3H3,(H,13,14). The molecule has 0 rings (SSSR count). The lowest BCUT2D eigenvalue weighted by Gasteiger charge is -1.98. The first kappa shape index (κ1) is 12.9. The molecule has 0 radical (unpaired) electrons. The van der Waals surface area contributed by atoms with Crippen LogP contribution in [0.4, 0.5) is 0 Å². The fourth-order valence-corrected chi connectivity index (χ4v) is 1.13. The van der Waals surface area contributed by atoms with Gasteiger partial charge >= 0.3 is 5.97 Å². The van der Waals surface area contributed by atoms with E-state index in [1.807, 2.05) is 6.08 Å². The molecule has 0 aromatic carbocycles. The first-order chi connectivity index (χ1) is 6.52. The van der Waals surface area contributed by atoms with Crippen LogP contribution in [0.5, 0.6) is 0 Å². The molecule has 0 aliphatic heterocycles. The molecule has 0 fully saturated rings. The Kier molecular flexibility index (Phi) is 6.81. The summed E-state index contributed by atoms with van der Waals surface area (Å²) in [6.07, 6.45) is 7.19. The third-order valence-corrected chi connectivity index (χ3v) is 1.94. The van der Waals surface area contributed by atoms with E-state index in [4.69, 9.17) is 5.11 Å². The van der Waals surface area contributed by atoms with E-state index in [2.05, 4.69) is 26.8 Å². The van der Waals surface area contributed by atoms with Crippen LogP contribution in [0.1, 0.15) is 46.5 Å². The number of carboxylic acid groups (broad SMARTS) is 1. The Labute approximate surface area is 86.3 Å². The molecular weight excluding hydrogens is 176 g/mol. The van der Waals surface area contributed by atoms with Crippen LogP contribution in [0.2, 0.25) is 0 Å². The van der Waals surface area contributed by atoms with Crippen LogP contribution in [0.25, 0.3) is 0 Å². The van der Waals surface area contributed by atoms with Crippen LogP contribution in [0.3, 0.4) is 0 Å². The number of hydrogen-bond donors (Lipinski definition) is 1. The second-order valence-electron chi connectivity index (χ2n) is 3.80. The van der Waals surface area contributed by atoms with Gasteiger partial charge in [0.2, 0.25) is 0 Å². The smallest absolute Gasteiger partial charge is 0.303 e. The molecule has 0 amide bonds. The normalized spacial score (nSPS) is 11.2. The van der Waals surface area contributed by atoms with Crippen molar-refractivity contribution in [1.29, 1.82) is 0 Å². The van der Waals surface area contributed by atoms with E-state index in [1.54, 1.807) is 0 Å². The molecule has 0 unspecified atom stereocenters. The van der Waals surface area contributed by atoms with Crippen molar-refractivity contribution in [2.75, 3.05) is 0 Å². The maximum atomic E-state index is 10.2. The number of aliphatic carboxylic acids is 1. The Morgan fingerprint density at radius 2 is 1.64 bits per heavy atom. The number of allylic oxidation sites excluding steroid dienone is 4. The van der Waals surface area contributed by atoms with Crippen molar-refractivity contribution in [2.45, 2.75) is 46.5 Å². The minimum absolute atomic E-state index is 0.236. The Morgan fingerprint density at radius 3 is 2.14 bits per heavy atom. The molecule has 0 bridgehead atoms. The Balaban J connectivity index is 3.67. The van der Waals surface area contributed by atoms with E-state index in [9.17, 15) is 4.79 Å². The molecule has 0 aliphatic rings. The van der Waals surface area contributed by atoms with Crippen LogP contribution in [-0.4, -0.2) is 11.1 Å². The van der Waals surface area contributed by atoms with Crippen molar-refractivity contribution in [1.82, 2.24) is 0 Å². The second kappa shape index (κ2) is 7.36. The number of carbonyl (C=O) groups is 1. The lowest BCUT2D eigenvalue weighted by atomic mass is 10.1. The highest BCUT2D eigenvalue weighted by molar-refractivity contribution is 5.66. The average molecular weight is 196 g/mol. The zero-order chi connectivity index (χ0) is 11.0.